The maximum absolute atomic E-state index is 14.6. The molecule has 414 valence electrons. The molecule has 0 aromatic rings. The summed E-state index contributed by atoms with van der Waals surface area (Å²) in [7, 11) is 3.00. The molecule has 0 aromatic carbocycles. The number of amides is 1. The highest BCUT2D eigenvalue weighted by molar-refractivity contribution is 6.39. The molecule has 0 spiro atoms. The van der Waals surface area contributed by atoms with E-state index in [0.29, 0.717) is 63.4 Å². The van der Waals surface area contributed by atoms with Crippen LogP contribution in [0.5, 0.6) is 0 Å². The molecule has 1 amide bonds. The van der Waals surface area contributed by atoms with Crippen LogP contribution < -0.4 is 0 Å². The fourth-order valence-corrected chi connectivity index (χ4v) is 11.1. The number of hydrogen-bond donors (Lipinski definition) is 4. The fourth-order valence-electron chi connectivity index (χ4n) is 11.1. The third-order valence-corrected chi connectivity index (χ3v) is 15.8. The van der Waals surface area contributed by atoms with E-state index in [0.717, 1.165) is 12.0 Å². The Hall–Kier alpha value is -3.45. The van der Waals surface area contributed by atoms with Crippen LogP contribution in [0.2, 0.25) is 0 Å². The number of carbonyl (C=O) groups is 5. The predicted octanol–water partition coefficient (Wildman–Crippen LogP) is 6.73. The van der Waals surface area contributed by atoms with Crippen LogP contribution in [0.1, 0.15) is 146 Å². The van der Waals surface area contributed by atoms with Crippen molar-refractivity contribution in [3.8, 4) is 0 Å². The summed E-state index contributed by atoms with van der Waals surface area (Å²) in [5.74, 6) is -8.27. The topological polar surface area (TPSA) is 225 Å². The van der Waals surface area contributed by atoms with Crippen molar-refractivity contribution < 1.29 is 72.8 Å². The average Bonchev–Trinajstić information content (AvgIpc) is 3.35. The Morgan fingerprint density at radius 1 is 0.863 bits per heavy atom. The first-order chi connectivity index (χ1) is 34.5. The molecule has 15 atom stereocenters. The molecule has 3 aliphatic heterocycles. The van der Waals surface area contributed by atoms with E-state index in [1.165, 1.54) is 12.0 Å². The lowest BCUT2D eigenvalue weighted by Gasteiger charge is -2.43. The first kappa shape index (κ1) is 62.1. The number of Topliss-reactive ketones (excluding diaryl/α,β-unsaturated/α-hetero) is 3. The molecular formula is C57H91NO15. The number of piperidine rings is 1. The Kier molecular flexibility index (Phi) is 24.8. The van der Waals surface area contributed by atoms with Gasteiger partial charge in [-0.3, -0.25) is 19.2 Å². The molecule has 0 unspecified atom stereocenters. The summed E-state index contributed by atoms with van der Waals surface area (Å²) in [5, 5.41) is 42.9. The number of esters is 1. The minimum atomic E-state index is -2.50. The number of ether oxygens (including phenoxy) is 6. The number of carbonyl (C=O) groups excluding carboxylic acids is 5. The molecule has 1 aliphatic carbocycles. The number of fused-ring (bicyclic) bond motifs is 3. The van der Waals surface area contributed by atoms with Crippen molar-refractivity contribution >= 4 is 29.2 Å². The van der Waals surface area contributed by atoms with Gasteiger partial charge in [0.2, 0.25) is 5.79 Å². The summed E-state index contributed by atoms with van der Waals surface area (Å²) in [6.07, 6.45) is 11.6. The van der Waals surface area contributed by atoms with Gasteiger partial charge in [0.05, 0.1) is 43.2 Å². The summed E-state index contributed by atoms with van der Waals surface area (Å²) >= 11 is 0. The highest BCUT2D eigenvalue weighted by Crippen LogP contribution is 2.39. The maximum Gasteiger partial charge on any atom is 0.329 e. The second kappa shape index (κ2) is 29.2. The number of cyclic esters (lactones) is 1. The molecule has 3 heterocycles. The van der Waals surface area contributed by atoms with Gasteiger partial charge >= 0.3 is 5.97 Å². The Morgan fingerprint density at radius 2 is 1.59 bits per heavy atom. The van der Waals surface area contributed by atoms with Gasteiger partial charge in [-0.25, -0.2) is 4.79 Å². The van der Waals surface area contributed by atoms with Gasteiger partial charge in [-0.2, -0.15) is 0 Å². The largest absolute Gasteiger partial charge is 0.460 e. The van der Waals surface area contributed by atoms with Crippen LogP contribution in [0.4, 0.5) is 0 Å². The lowest BCUT2D eigenvalue weighted by molar-refractivity contribution is -0.267. The van der Waals surface area contributed by atoms with Crippen LogP contribution in [-0.4, -0.2) is 155 Å². The van der Waals surface area contributed by atoms with Crippen LogP contribution in [-0.2, 0) is 52.4 Å². The number of allylic oxidation sites excluding steroid dienone is 6. The third-order valence-electron chi connectivity index (χ3n) is 15.8. The number of ketones is 3. The normalized spacial score (nSPS) is 37.5. The van der Waals surface area contributed by atoms with Crippen LogP contribution in [0.15, 0.2) is 47.6 Å². The van der Waals surface area contributed by atoms with E-state index in [1.54, 1.807) is 34.0 Å². The molecule has 0 radical (unpaired) electrons. The first-order valence-electron chi connectivity index (χ1n) is 27.0. The van der Waals surface area contributed by atoms with Crippen LogP contribution in [0.25, 0.3) is 0 Å². The van der Waals surface area contributed by atoms with Gasteiger partial charge < -0.3 is 53.7 Å². The van der Waals surface area contributed by atoms with Gasteiger partial charge in [0, 0.05) is 58.0 Å². The van der Waals surface area contributed by atoms with Crippen molar-refractivity contribution in [3.63, 3.8) is 0 Å². The van der Waals surface area contributed by atoms with Crippen molar-refractivity contribution in [2.24, 2.45) is 35.5 Å². The van der Waals surface area contributed by atoms with Crippen molar-refractivity contribution in [3.05, 3.63) is 47.6 Å². The van der Waals surface area contributed by atoms with E-state index in [9.17, 15) is 44.4 Å². The SMILES string of the molecule is CO[C@@H]1C[C@H](C[C@@H](C)[C@@H]2CC(=O)[C@H](C)/C=C(\C)[C@@H](O)[C@@H](OC)C(=O)[C@H](C)C[C@H](C)/C=C/C=C/C=C(\C)[C@H](OC(C)(C)CCO)C[C@@H]3CC[C@@H](C)[C@@](O)(O3)C(=O)C(=O)N3CCCC[C@H]3C(=O)O2)CC[C@H]1OCCO. The molecule has 4 rings (SSSR count). The lowest BCUT2D eigenvalue weighted by Crippen LogP contribution is -2.61. The molecule has 3 fully saturated rings. The van der Waals surface area contributed by atoms with Crippen LogP contribution >= 0.6 is 0 Å². The highest BCUT2D eigenvalue weighted by Gasteiger charge is 2.53. The molecule has 0 aromatic heterocycles. The third kappa shape index (κ3) is 17.5. The zero-order chi connectivity index (χ0) is 54.2. The standard InChI is InChI=1S/C57H91NO15/c1-35-17-13-12-14-18-36(2)48(73-56(8,9)24-26-59)33-43-22-20-41(7)57(67,72-43)53(64)54(65)58-25-16-15-19-44(58)55(66)71-47(38(4)31-42-21-23-46(70-28-27-60)49(32-42)68-10)34-45(61)37(3)30-40(6)51(63)52(69-11)50(62)39(5)29-35/h12-14,17-18,30,35,37-39,41-44,46-49,51-52,59-60,63,67H,15-16,19-29,31-34H2,1-11H3/b14-12+,17-13+,36-18+,40-30+/t35-,37-,38-,39-,41-,42+,43+,44+,46-,47+,48-,49-,51-,52+,57-/m1/s1. The predicted molar refractivity (Wildman–Crippen MR) is 276 cm³/mol. The van der Waals surface area contributed by atoms with Crippen molar-refractivity contribution in [1.29, 1.82) is 0 Å². The number of hydrogen-bond acceptors (Lipinski definition) is 15. The Bertz CT molecular complexity index is 1940. The number of aliphatic hydroxyl groups excluding tert-OH is 3. The van der Waals surface area contributed by atoms with Gasteiger partial charge in [0.25, 0.3) is 11.7 Å². The fraction of sp³-hybridized carbons (Fsp3) is 0.772. The Balaban J connectivity index is 1.74. The molecule has 2 bridgehead atoms. The van der Waals surface area contributed by atoms with E-state index in [4.69, 9.17) is 28.4 Å². The number of methoxy groups -OCH3 is 2. The average molecular weight is 1030 g/mol. The summed E-state index contributed by atoms with van der Waals surface area (Å²) in [4.78, 5) is 72.8. The zero-order valence-electron chi connectivity index (χ0n) is 45.8. The maximum atomic E-state index is 14.6. The number of rotatable bonds is 12. The van der Waals surface area contributed by atoms with Gasteiger partial charge in [0.1, 0.15) is 30.1 Å². The van der Waals surface area contributed by atoms with E-state index in [1.807, 2.05) is 71.9 Å². The lowest BCUT2D eigenvalue weighted by atomic mass is 9.78. The molecule has 2 saturated heterocycles. The van der Waals surface area contributed by atoms with E-state index in [2.05, 4.69) is 0 Å². The van der Waals surface area contributed by atoms with E-state index >= 15 is 0 Å². The van der Waals surface area contributed by atoms with Crippen molar-refractivity contribution in [2.75, 3.05) is 40.6 Å². The van der Waals surface area contributed by atoms with Gasteiger partial charge in [-0.15, -0.1) is 0 Å². The molecule has 1 saturated carbocycles. The summed E-state index contributed by atoms with van der Waals surface area (Å²) in [6.45, 7) is 16.4. The molecule has 4 aliphatic rings. The van der Waals surface area contributed by atoms with E-state index in [-0.39, 0.29) is 87.2 Å². The minimum absolute atomic E-state index is 0.0179. The van der Waals surface area contributed by atoms with Crippen LogP contribution in [0, 0.1) is 35.5 Å². The van der Waals surface area contributed by atoms with Gasteiger partial charge in [-0.1, -0.05) is 71.1 Å². The summed E-state index contributed by atoms with van der Waals surface area (Å²) in [6, 6.07) is -1.17. The van der Waals surface area contributed by atoms with Gasteiger partial charge in [0.15, 0.2) is 5.78 Å². The number of nitrogens with zero attached hydrogens (tertiary/aromatic N) is 1. The van der Waals surface area contributed by atoms with E-state index < -0.39 is 83.4 Å². The molecule has 16 nitrogen and oxygen atoms in total. The number of aliphatic hydroxyl groups is 4. The summed E-state index contributed by atoms with van der Waals surface area (Å²) in [5.41, 5.74) is 0.447. The smallest absolute Gasteiger partial charge is 0.329 e. The first-order valence-corrected chi connectivity index (χ1v) is 27.0. The summed E-state index contributed by atoms with van der Waals surface area (Å²) < 4.78 is 36.5. The van der Waals surface area contributed by atoms with Crippen LogP contribution in [0.3, 0.4) is 0 Å². The van der Waals surface area contributed by atoms with Crippen molar-refractivity contribution in [2.45, 2.75) is 206 Å². The second-order valence-electron chi connectivity index (χ2n) is 22.3. The molecule has 73 heavy (non-hydrogen) atoms. The van der Waals surface area contributed by atoms with Gasteiger partial charge in [-0.05, 0) is 127 Å². The monoisotopic (exact) mass is 1030 g/mol. The molecular weight excluding hydrogens is 939 g/mol. The molecule has 16 heteroatoms. The zero-order valence-corrected chi connectivity index (χ0v) is 45.8. The van der Waals surface area contributed by atoms with Crippen molar-refractivity contribution in [1.82, 2.24) is 4.90 Å². The Labute approximate surface area is 435 Å². The quantitative estimate of drug-likeness (QED) is 0.0904. The second-order valence-corrected chi connectivity index (χ2v) is 22.3. The minimum Gasteiger partial charge on any atom is -0.460 e. The molecule has 4 N–H and O–H groups in total. The highest BCUT2D eigenvalue weighted by atomic mass is 16.6. The Morgan fingerprint density at radius 3 is 2.26 bits per heavy atom.